The molecule has 1 fully saturated rings. The SMILES string of the molecule is CS(=O)(=O)c1ccccc1N1CCCCC1CCC(=O)O. The summed E-state index contributed by atoms with van der Waals surface area (Å²) in [7, 11) is -3.30. The molecule has 1 aromatic carbocycles. The van der Waals surface area contributed by atoms with Crippen LogP contribution in [0.25, 0.3) is 0 Å². The number of carboxylic acids is 1. The van der Waals surface area contributed by atoms with Crippen molar-refractivity contribution in [3.05, 3.63) is 24.3 Å². The van der Waals surface area contributed by atoms with Crippen LogP contribution in [0.2, 0.25) is 0 Å². The van der Waals surface area contributed by atoms with E-state index in [0.29, 0.717) is 17.0 Å². The number of anilines is 1. The second-order valence-corrected chi connectivity index (χ2v) is 7.50. The molecule has 1 unspecified atom stereocenters. The predicted molar refractivity (Wildman–Crippen MR) is 81.4 cm³/mol. The van der Waals surface area contributed by atoms with Gasteiger partial charge in [-0.05, 0) is 37.8 Å². The number of aliphatic carboxylic acids is 1. The summed E-state index contributed by atoms with van der Waals surface area (Å²) in [6.45, 7) is 0.775. The molecule has 116 valence electrons. The van der Waals surface area contributed by atoms with Crippen LogP contribution in [-0.2, 0) is 14.6 Å². The van der Waals surface area contributed by atoms with E-state index >= 15 is 0 Å². The van der Waals surface area contributed by atoms with Gasteiger partial charge in [0.05, 0.1) is 10.6 Å². The summed E-state index contributed by atoms with van der Waals surface area (Å²) in [5.74, 6) is -0.808. The van der Waals surface area contributed by atoms with E-state index < -0.39 is 15.8 Å². The number of hydrogen-bond donors (Lipinski definition) is 1. The molecule has 1 aliphatic rings. The summed E-state index contributed by atoms with van der Waals surface area (Å²) in [4.78, 5) is 13.2. The third-order valence-corrected chi connectivity index (χ3v) is 5.04. The molecule has 1 saturated heterocycles. The Balaban J connectivity index is 2.31. The van der Waals surface area contributed by atoms with Gasteiger partial charge in [0.1, 0.15) is 0 Å². The van der Waals surface area contributed by atoms with E-state index in [1.54, 1.807) is 12.1 Å². The number of hydrogen-bond acceptors (Lipinski definition) is 4. The van der Waals surface area contributed by atoms with Crippen LogP contribution in [0.15, 0.2) is 29.2 Å². The Kier molecular flexibility index (Phi) is 4.88. The van der Waals surface area contributed by atoms with E-state index in [1.165, 1.54) is 6.26 Å². The number of sulfone groups is 1. The number of benzene rings is 1. The number of carboxylic acid groups (broad SMARTS) is 1. The highest BCUT2D eigenvalue weighted by Gasteiger charge is 2.26. The highest BCUT2D eigenvalue weighted by molar-refractivity contribution is 7.90. The Morgan fingerprint density at radius 2 is 2.05 bits per heavy atom. The van der Waals surface area contributed by atoms with Gasteiger partial charge in [0.2, 0.25) is 0 Å². The van der Waals surface area contributed by atoms with E-state index in [0.717, 1.165) is 25.8 Å². The Morgan fingerprint density at radius 1 is 1.33 bits per heavy atom. The lowest BCUT2D eigenvalue weighted by Gasteiger charge is -2.38. The fraction of sp³-hybridized carbons (Fsp3) is 0.533. The summed E-state index contributed by atoms with van der Waals surface area (Å²) in [6.07, 6.45) is 4.84. The number of para-hydroxylation sites is 1. The third kappa shape index (κ3) is 3.97. The average Bonchev–Trinajstić information content (AvgIpc) is 2.44. The molecular weight excluding hydrogens is 290 g/mol. The van der Waals surface area contributed by atoms with Crippen LogP contribution < -0.4 is 4.90 Å². The first kappa shape index (κ1) is 15.8. The van der Waals surface area contributed by atoms with E-state index in [2.05, 4.69) is 4.90 Å². The summed E-state index contributed by atoms with van der Waals surface area (Å²) in [5, 5.41) is 8.87. The maximum Gasteiger partial charge on any atom is 0.303 e. The van der Waals surface area contributed by atoms with Crippen molar-refractivity contribution in [3.63, 3.8) is 0 Å². The molecule has 1 N–H and O–H groups in total. The molecule has 0 aromatic heterocycles. The van der Waals surface area contributed by atoms with Gasteiger partial charge in [-0.3, -0.25) is 4.79 Å². The van der Waals surface area contributed by atoms with Crippen molar-refractivity contribution in [2.45, 2.75) is 43.0 Å². The molecule has 0 spiro atoms. The monoisotopic (exact) mass is 311 g/mol. The van der Waals surface area contributed by atoms with Crippen LogP contribution >= 0.6 is 0 Å². The highest BCUT2D eigenvalue weighted by Crippen LogP contribution is 2.32. The molecule has 0 saturated carbocycles. The Bertz CT molecular complexity index is 612. The van der Waals surface area contributed by atoms with Crippen LogP contribution in [0.5, 0.6) is 0 Å². The molecule has 1 heterocycles. The molecule has 1 atom stereocenters. The zero-order chi connectivity index (χ0) is 15.5. The molecule has 1 aliphatic heterocycles. The summed E-state index contributed by atoms with van der Waals surface area (Å²) in [5.41, 5.74) is 0.704. The highest BCUT2D eigenvalue weighted by atomic mass is 32.2. The number of carbonyl (C=O) groups is 1. The summed E-state index contributed by atoms with van der Waals surface area (Å²) in [6, 6.07) is 7.07. The minimum atomic E-state index is -3.30. The molecule has 5 nitrogen and oxygen atoms in total. The maximum absolute atomic E-state index is 11.9. The number of rotatable bonds is 5. The molecule has 1 aromatic rings. The topological polar surface area (TPSA) is 74.7 Å². The van der Waals surface area contributed by atoms with Crippen molar-refractivity contribution in [1.29, 1.82) is 0 Å². The van der Waals surface area contributed by atoms with Gasteiger partial charge in [0.15, 0.2) is 9.84 Å². The van der Waals surface area contributed by atoms with Crippen molar-refractivity contribution in [1.82, 2.24) is 0 Å². The summed E-state index contributed by atoms with van der Waals surface area (Å²) < 4.78 is 23.9. The van der Waals surface area contributed by atoms with Crippen molar-refractivity contribution in [3.8, 4) is 0 Å². The lowest BCUT2D eigenvalue weighted by atomic mass is 9.97. The first-order valence-electron chi connectivity index (χ1n) is 7.17. The van der Waals surface area contributed by atoms with Crippen LogP contribution in [0.4, 0.5) is 5.69 Å². The molecule has 6 heteroatoms. The van der Waals surface area contributed by atoms with Gasteiger partial charge in [0.25, 0.3) is 0 Å². The van der Waals surface area contributed by atoms with Crippen LogP contribution in [0.1, 0.15) is 32.1 Å². The maximum atomic E-state index is 11.9. The van der Waals surface area contributed by atoms with E-state index in [-0.39, 0.29) is 12.5 Å². The predicted octanol–water partition coefficient (Wildman–Crippen LogP) is 2.31. The number of piperidine rings is 1. The third-order valence-electron chi connectivity index (χ3n) is 3.89. The molecule has 0 bridgehead atoms. The van der Waals surface area contributed by atoms with Gasteiger partial charge in [0, 0.05) is 25.3 Å². The molecule has 0 radical (unpaired) electrons. The van der Waals surface area contributed by atoms with Gasteiger partial charge in [-0.15, -0.1) is 0 Å². The van der Waals surface area contributed by atoms with Crippen molar-refractivity contribution in [2.24, 2.45) is 0 Å². The lowest BCUT2D eigenvalue weighted by molar-refractivity contribution is -0.137. The zero-order valence-corrected chi connectivity index (χ0v) is 13.0. The van der Waals surface area contributed by atoms with Crippen molar-refractivity contribution >= 4 is 21.5 Å². The van der Waals surface area contributed by atoms with Gasteiger partial charge in [-0.25, -0.2) is 8.42 Å². The molecular formula is C15H21NO4S. The minimum Gasteiger partial charge on any atom is -0.481 e. The van der Waals surface area contributed by atoms with Crippen LogP contribution in [0.3, 0.4) is 0 Å². The van der Waals surface area contributed by atoms with Crippen molar-refractivity contribution in [2.75, 3.05) is 17.7 Å². The smallest absolute Gasteiger partial charge is 0.303 e. The van der Waals surface area contributed by atoms with E-state index in [1.807, 2.05) is 12.1 Å². The fourth-order valence-electron chi connectivity index (χ4n) is 2.92. The zero-order valence-electron chi connectivity index (χ0n) is 12.2. The van der Waals surface area contributed by atoms with Crippen LogP contribution in [0, 0.1) is 0 Å². The average molecular weight is 311 g/mol. The largest absolute Gasteiger partial charge is 0.481 e. The first-order chi connectivity index (χ1) is 9.89. The quantitative estimate of drug-likeness (QED) is 0.903. The van der Waals surface area contributed by atoms with Gasteiger partial charge in [-0.2, -0.15) is 0 Å². The molecule has 0 amide bonds. The van der Waals surface area contributed by atoms with Gasteiger partial charge in [-0.1, -0.05) is 12.1 Å². The molecule has 2 rings (SSSR count). The van der Waals surface area contributed by atoms with Gasteiger partial charge >= 0.3 is 5.97 Å². The normalized spacial score (nSPS) is 19.5. The Labute approximate surface area is 125 Å². The Morgan fingerprint density at radius 3 is 2.71 bits per heavy atom. The lowest BCUT2D eigenvalue weighted by Crippen LogP contribution is -2.40. The van der Waals surface area contributed by atoms with Crippen LogP contribution in [-0.4, -0.2) is 38.3 Å². The minimum absolute atomic E-state index is 0.0951. The first-order valence-corrected chi connectivity index (χ1v) is 9.06. The molecule has 0 aliphatic carbocycles. The second kappa shape index (κ2) is 6.47. The van der Waals surface area contributed by atoms with Crippen molar-refractivity contribution < 1.29 is 18.3 Å². The van der Waals surface area contributed by atoms with E-state index in [4.69, 9.17) is 5.11 Å². The van der Waals surface area contributed by atoms with Gasteiger partial charge < -0.3 is 10.0 Å². The second-order valence-electron chi connectivity index (χ2n) is 5.52. The fourth-order valence-corrected chi connectivity index (χ4v) is 3.81. The number of nitrogens with zero attached hydrogens (tertiary/aromatic N) is 1. The molecule has 21 heavy (non-hydrogen) atoms. The summed E-state index contributed by atoms with van der Waals surface area (Å²) >= 11 is 0. The standard InChI is InChI=1S/C15H21NO4S/c1-21(19,20)14-8-3-2-7-13(14)16-11-5-4-6-12(16)9-10-15(17)18/h2-3,7-8,12H,4-6,9-11H2,1H3,(H,17,18). The Hall–Kier alpha value is -1.56. The van der Waals surface area contributed by atoms with E-state index in [9.17, 15) is 13.2 Å².